The molecule has 0 spiro atoms. The number of hydrogen-bond acceptors (Lipinski definition) is 8. The van der Waals surface area contributed by atoms with Gasteiger partial charge in [0.1, 0.15) is 18.4 Å². The molecule has 33 heavy (non-hydrogen) atoms. The molecule has 170 valence electrons. The van der Waals surface area contributed by atoms with Crippen LogP contribution in [-0.4, -0.2) is 29.6 Å². The van der Waals surface area contributed by atoms with Crippen LogP contribution in [0, 0.1) is 10.1 Å². The molecule has 10 nitrogen and oxygen atoms in total. The number of nitro benzene ring substituents is 1. The maximum absolute atomic E-state index is 12.9. The summed E-state index contributed by atoms with van der Waals surface area (Å²) in [7, 11) is 0. The standard InChI is InChI=1S/C23H20N2O8/c26-22(20-7-4-8-31-20)24-19(9-15-5-2-1-3-6-15)23(27)32-13-17-11-18(25(28)29)10-16-12-30-14-33-21(16)17/h1-8,10-11,19H,9,12-14H2,(H,24,26)/t19-/m1/s1. The highest BCUT2D eigenvalue weighted by molar-refractivity contribution is 5.94. The average molecular weight is 452 g/mol. The van der Waals surface area contributed by atoms with Crippen molar-refractivity contribution in [2.24, 2.45) is 0 Å². The van der Waals surface area contributed by atoms with Crippen LogP contribution < -0.4 is 10.1 Å². The number of amides is 1. The Kier molecular flexibility index (Phi) is 6.65. The van der Waals surface area contributed by atoms with Gasteiger partial charge in [0.2, 0.25) is 0 Å². The van der Waals surface area contributed by atoms with Crippen molar-refractivity contribution in [1.82, 2.24) is 5.32 Å². The number of non-ortho nitro benzene ring substituents is 1. The van der Waals surface area contributed by atoms with Gasteiger partial charge < -0.3 is 23.9 Å². The molecule has 0 aliphatic carbocycles. The van der Waals surface area contributed by atoms with Gasteiger partial charge in [-0.05, 0) is 17.7 Å². The third kappa shape index (κ3) is 5.36. The maximum atomic E-state index is 12.9. The first-order valence-corrected chi connectivity index (χ1v) is 10.1. The smallest absolute Gasteiger partial charge is 0.329 e. The fourth-order valence-corrected chi connectivity index (χ4v) is 3.42. The van der Waals surface area contributed by atoms with Crippen LogP contribution in [0.4, 0.5) is 5.69 Å². The number of ether oxygens (including phenoxy) is 3. The number of esters is 1. The molecule has 0 unspecified atom stereocenters. The number of fused-ring (bicyclic) bond motifs is 1. The fraction of sp³-hybridized carbons (Fsp3) is 0.217. The predicted molar refractivity (Wildman–Crippen MR) is 113 cm³/mol. The molecule has 2 heterocycles. The van der Waals surface area contributed by atoms with E-state index in [0.29, 0.717) is 16.9 Å². The summed E-state index contributed by atoms with van der Waals surface area (Å²) in [5.74, 6) is -0.821. The van der Waals surface area contributed by atoms with Crippen LogP contribution in [0.2, 0.25) is 0 Å². The van der Waals surface area contributed by atoms with Gasteiger partial charge in [-0.3, -0.25) is 14.9 Å². The SMILES string of the molecule is O=C(N[C@H](Cc1ccccc1)C(=O)OCc1cc([N+](=O)[O-])cc2c1OCOC2)c1ccco1. The molecule has 0 saturated carbocycles. The van der Waals surface area contributed by atoms with Gasteiger partial charge in [0.15, 0.2) is 12.6 Å². The Hall–Kier alpha value is -4.18. The van der Waals surface area contributed by atoms with Crippen molar-refractivity contribution >= 4 is 17.6 Å². The molecule has 2 aromatic carbocycles. The van der Waals surface area contributed by atoms with Gasteiger partial charge in [-0.2, -0.15) is 0 Å². The second kappa shape index (κ2) is 9.96. The highest BCUT2D eigenvalue weighted by Gasteiger charge is 2.26. The van der Waals surface area contributed by atoms with Crippen molar-refractivity contribution in [3.63, 3.8) is 0 Å². The number of nitro groups is 1. The lowest BCUT2D eigenvalue weighted by Crippen LogP contribution is -2.43. The van der Waals surface area contributed by atoms with Crippen molar-refractivity contribution in [2.45, 2.75) is 25.7 Å². The minimum atomic E-state index is -1.01. The zero-order valence-corrected chi connectivity index (χ0v) is 17.4. The quantitative estimate of drug-likeness (QED) is 0.313. The highest BCUT2D eigenvalue weighted by Crippen LogP contribution is 2.33. The van der Waals surface area contributed by atoms with Gasteiger partial charge in [0, 0.05) is 29.7 Å². The summed E-state index contributed by atoms with van der Waals surface area (Å²) >= 11 is 0. The summed E-state index contributed by atoms with van der Waals surface area (Å²) in [6.07, 6.45) is 1.54. The molecule has 1 amide bonds. The minimum absolute atomic E-state index is 0.0123. The van der Waals surface area contributed by atoms with Crippen LogP contribution in [0.25, 0.3) is 0 Å². The normalized spacial score (nSPS) is 13.3. The van der Waals surface area contributed by atoms with Crippen molar-refractivity contribution in [2.75, 3.05) is 6.79 Å². The number of carbonyl (C=O) groups excluding carboxylic acids is 2. The summed E-state index contributed by atoms with van der Waals surface area (Å²) in [6.45, 7) is -0.139. The number of hydrogen-bond donors (Lipinski definition) is 1. The van der Waals surface area contributed by atoms with E-state index >= 15 is 0 Å². The number of carbonyl (C=O) groups is 2. The molecular formula is C23H20N2O8. The number of rotatable bonds is 8. The molecule has 0 radical (unpaired) electrons. The number of furan rings is 1. The molecule has 0 fully saturated rings. The number of nitrogens with zero attached hydrogens (tertiary/aromatic N) is 1. The van der Waals surface area contributed by atoms with Crippen LogP contribution in [0.15, 0.2) is 65.3 Å². The first kappa shape index (κ1) is 22.0. The summed E-state index contributed by atoms with van der Waals surface area (Å²) < 4.78 is 21.2. The van der Waals surface area contributed by atoms with Crippen LogP contribution in [-0.2, 0) is 33.9 Å². The van der Waals surface area contributed by atoms with Gasteiger partial charge in [-0.15, -0.1) is 0 Å². The lowest BCUT2D eigenvalue weighted by molar-refractivity contribution is -0.385. The topological polar surface area (TPSA) is 130 Å². The molecule has 1 aromatic heterocycles. The van der Waals surface area contributed by atoms with E-state index in [-0.39, 0.29) is 37.9 Å². The Morgan fingerprint density at radius 2 is 1.97 bits per heavy atom. The van der Waals surface area contributed by atoms with E-state index < -0.39 is 22.8 Å². The summed E-state index contributed by atoms with van der Waals surface area (Å²) in [6, 6.07) is 13.8. The monoisotopic (exact) mass is 452 g/mol. The van der Waals surface area contributed by atoms with Crippen molar-refractivity contribution < 1.29 is 33.1 Å². The first-order valence-electron chi connectivity index (χ1n) is 10.1. The second-order valence-electron chi connectivity index (χ2n) is 7.26. The van der Waals surface area contributed by atoms with Gasteiger partial charge in [-0.25, -0.2) is 4.79 Å². The molecule has 0 bridgehead atoms. The zero-order chi connectivity index (χ0) is 23.2. The van der Waals surface area contributed by atoms with Crippen LogP contribution >= 0.6 is 0 Å². The largest absolute Gasteiger partial charge is 0.467 e. The fourth-order valence-electron chi connectivity index (χ4n) is 3.42. The van der Waals surface area contributed by atoms with Gasteiger partial charge >= 0.3 is 5.97 Å². The Morgan fingerprint density at radius 3 is 2.70 bits per heavy atom. The van der Waals surface area contributed by atoms with Gasteiger partial charge in [0.05, 0.1) is 17.8 Å². The average Bonchev–Trinajstić information content (AvgIpc) is 3.37. The van der Waals surface area contributed by atoms with Gasteiger partial charge in [-0.1, -0.05) is 30.3 Å². The van der Waals surface area contributed by atoms with Crippen molar-refractivity contribution in [3.05, 3.63) is 93.4 Å². The highest BCUT2D eigenvalue weighted by atomic mass is 16.7. The third-order valence-electron chi connectivity index (χ3n) is 4.97. The Labute approximate surface area is 188 Å². The van der Waals surface area contributed by atoms with Crippen molar-refractivity contribution in [3.8, 4) is 5.75 Å². The van der Waals surface area contributed by atoms with Crippen molar-refractivity contribution in [1.29, 1.82) is 0 Å². The van der Waals surface area contributed by atoms with Gasteiger partial charge in [0.25, 0.3) is 11.6 Å². The van der Waals surface area contributed by atoms with E-state index in [1.165, 1.54) is 24.5 Å². The molecule has 10 heteroatoms. The third-order valence-corrected chi connectivity index (χ3v) is 4.97. The summed E-state index contributed by atoms with van der Waals surface area (Å²) in [5.41, 5.74) is 1.48. The Bertz CT molecular complexity index is 1140. The molecule has 0 saturated heterocycles. The molecule has 1 aliphatic heterocycles. The molecule has 1 N–H and O–H groups in total. The summed E-state index contributed by atoms with van der Waals surface area (Å²) in [4.78, 5) is 36.2. The Morgan fingerprint density at radius 1 is 1.15 bits per heavy atom. The lowest BCUT2D eigenvalue weighted by Gasteiger charge is -2.21. The van der Waals surface area contributed by atoms with E-state index in [1.807, 2.05) is 30.3 Å². The van der Waals surface area contributed by atoms with E-state index in [0.717, 1.165) is 5.56 Å². The van der Waals surface area contributed by atoms with E-state index in [2.05, 4.69) is 5.32 Å². The molecule has 3 aromatic rings. The van der Waals surface area contributed by atoms with Crippen LogP contribution in [0.5, 0.6) is 5.75 Å². The first-order chi connectivity index (χ1) is 16.0. The second-order valence-corrected chi connectivity index (χ2v) is 7.26. The molecular weight excluding hydrogens is 432 g/mol. The van der Waals surface area contributed by atoms with E-state index in [1.54, 1.807) is 6.07 Å². The lowest BCUT2D eigenvalue weighted by atomic mass is 10.1. The predicted octanol–water partition coefficient (Wildman–Crippen LogP) is 3.14. The molecule has 1 atom stereocenters. The van der Waals surface area contributed by atoms with Crippen LogP contribution in [0.3, 0.4) is 0 Å². The Balaban J connectivity index is 1.52. The van der Waals surface area contributed by atoms with E-state index in [4.69, 9.17) is 18.6 Å². The molecule has 1 aliphatic rings. The maximum Gasteiger partial charge on any atom is 0.329 e. The molecule has 4 rings (SSSR count). The van der Waals surface area contributed by atoms with Crippen LogP contribution in [0.1, 0.15) is 27.2 Å². The minimum Gasteiger partial charge on any atom is -0.467 e. The number of nitrogens with one attached hydrogen (secondary N) is 1. The van der Waals surface area contributed by atoms with E-state index in [9.17, 15) is 19.7 Å². The zero-order valence-electron chi connectivity index (χ0n) is 17.4. The summed E-state index contributed by atoms with van der Waals surface area (Å²) in [5, 5.41) is 13.9. The number of benzene rings is 2.